The van der Waals surface area contributed by atoms with Crippen molar-refractivity contribution in [1.29, 1.82) is 0 Å². The predicted octanol–water partition coefficient (Wildman–Crippen LogP) is 2.04. The van der Waals surface area contributed by atoms with Crippen molar-refractivity contribution >= 4 is 21.7 Å². The van der Waals surface area contributed by atoms with E-state index in [-0.39, 0.29) is 16.4 Å². The molecule has 0 aromatic heterocycles. The summed E-state index contributed by atoms with van der Waals surface area (Å²) < 4.78 is 28.8. The summed E-state index contributed by atoms with van der Waals surface area (Å²) in [5.41, 5.74) is -0.0458. The normalized spacial score (nSPS) is 17.0. The van der Waals surface area contributed by atoms with Crippen molar-refractivity contribution in [3.8, 4) is 0 Å². The first-order chi connectivity index (χ1) is 11.3. The molecule has 1 saturated heterocycles. The quantitative estimate of drug-likeness (QED) is 0.774. The van der Waals surface area contributed by atoms with Gasteiger partial charge in [0.05, 0.1) is 10.5 Å². The third kappa shape index (κ3) is 4.56. The van der Waals surface area contributed by atoms with Crippen molar-refractivity contribution in [3.63, 3.8) is 0 Å². The second kappa shape index (κ2) is 7.79. The van der Waals surface area contributed by atoms with E-state index in [2.05, 4.69) is 0 Å². The minimum absolute atomic E-state index is 0.0458. The molecule has 1 fully saturated rings. The molecular formula is C17H23NO5S. The van der Waals surface area contributed by atoms with Crippen LogP contribution in [0.5, 0.6) is 0 Å². The Morgan fingerprint density at radius 1 is 1.08 bits per heavy atom. The number of carbonyl (C=O) groups is 2. The van der Waals surface area contributed by atoms with Gasteiger partial charge in [-0.15, -0.1) is 0 Å². The molecule has 1 heterocycles. The summed E-state index contributed by atoms with van der Waals surface area (Å²) >= 11 is 0. The molecule has 0 unspecified atom stereocenters. The van der Waals surface area contributed by atoms with E-state index in [0.29, 0.717) is 13.1 Å². The number of ether oxygens (including phenoxy) is 1. The third-order valence-corrected chi connectivity index (χ3v) is 5.21. The Bertz CT molecular complexity index is 705. The largest absolute Gasteiger partial charge is 0.449 e. The highest BCUT2D eigenvalue weighted by molar-refractivity contribution is 7.90. The van der Waals surface area contributed by atoms with Crippen LogP contribution in [0.2, 0.25) is 0 Å². The Kier molecular flexibility index (Phi) is 5.99. The van der Waals surface area contributed by atoms with Gasteiger partial charge in [-0.3, -0.25) is 4.79 Å². The van der Waals surface area contributed by atoms with Crippen LogP contribution in [0, 0.1) is 0 Å². The smallest absolute Gasteiger partial charge is 0.340 e. The molecule has 132 valence electrons. The molecule has 0 radical (unpaired) electrons. The fourth-order valence-corrected chi connectivity index (χ4v) is 3.66. The molecule has 6 nitrogen and oxygen atoms in total. The van der Waals surface area contributed by atoms with E-state index >= 15 is 0 Å². The number of rotatable bonds is 4. The molecule has 0 N–H and O–H groups in total. The zero-order valence-electron chi connectivity index (χ0n) is 14.0. The number of hydrogen-bond acceptors (Lipinski definition) is 5. The van der Waals surface area contributed by atoms with Crippen LogP contribution < -0.4 is 0 Å². The molecule has 7 heteroatoms. The maximum absolute atomic E-state index is 12.4. The van der Waals surface area contributed by atoms with Crippen molar-refractivity contribution < 1.29 is 22.7 Å². The van der Waals surface area contributed by atoms with E-state index in [1.807, 2.05) is 0 Å². The van der Waals surface area contributed by atoms with E-state index in [0.717, 1.165) is 31.9 Å². The van der Waals surface area contributed by atoms with Crippen LogP contribution in [0.3, 0.4) is 0 Å². The summed E-state index contributed by atoms with van der Waals surface area (Å²) in [4.78, 5) is 26.4. The topological polar surface area (TPSA) is 80.8 Å². The van der Waals surface area contributed by atoms with Crippen LogP contribution in [-0.4, -0.2) is 50.6 Å². The first-order valence-corrected chi connectivity index (χ1v) is 9.98. The third-order valence-electron chi connectivity index (χ3n) is 4.06. The molecule has 2 rings (SSSR count). The highest BCUT2D eigenvalue weighted by Gasteiger charge is 2.27. The van der Waals surface area contributed by atoms with Gasteiger partial charge in [0.15, 0.2) is 15.9 Å². The second-order valence-electron chi connectivity index (χ2n) is 6.06. The molecular weight excluding hydrogens is 330 g/mol. The zero-order valence-corrected chi connectivity index (χ0v) is 14.8. The number of sulfone groups is 1. The van der Waals surface area contributed by atoms with E-state index in [4.69, 9.17) is 4.74 Å². The monoisotopic (exact) mass is 353 g/mol. The molecule has 1 aromatic carbocycles. The number of esters is 1. The average Bonchev–Trinajstić information content (AvgIpc) is 2.82. The minimum Gasteiger partial charge on any atom is -0.449 e. The second-order valence-corrected chi connectivity index (χ2v) is 8.04. The fourth-order valence-electron chi connectivity index (χ4n) is 2.78. The molecule has 0 saturated carbocycles. The number of amides is 1. The lowest BCUT2D eigenvalue weighted by molar-refractivity contribution is -0.139. The Hall–Kier alpha value is -1.89. The van der Waals surface area contributed by atoms with Gasteiger partial charge in [-0.25, -0.2) is 13.2 Å². The van der Waals surface area contributed by atoms with Gasteiger partial charge in [0.1, 0.15) is 0 Å². The first-order valence-electron chi connectivity index (χ1n) is 8.09. The average molecular weight is 353 g/mol. The molecule has 1 aromatic rings. The standard InChI is InChI=1S/C17H23NO5S/c1-13(16(19)18-11-7-3-4-8-12-18)23-17(20)14-9-5-6-10-15(14)24(2,21)22/h5-6,9-10,13H,3-4,7-8,11-12H2,1-2H3/t13-/m0/s1. The Morgan fingerprint density at radius 2 is 1.67 bits per heavy atom. The van der Waals surface area contributed by atoms with E-state index in [1.165, 1.54) is 19.1 Å². The maximum Gasteiger partial charge on any atom is 0.340 e. The van der Waals surface area contributed by atoms with E-state index in [9.17, 15) is 18.0 Å². The van der Waals surface area contributed by atoms with Crippen molar-refractivity contribution in [2.75, 3.05) is 19.3 Å². The number of benzene rings is 1. The first kappa shape index (κ1) is 18.4. The van der Waals surface area contributed by atoms with Crippen molar-refractivity contribution in [2.45, 2.75) is 43.6 Å². The lowest BCUT2D eigenvalue weighted by Gasteiger charge is -2.24. The predicted molar refractivity (Wildman–Crippen MR) is 89.5 cm³/mol. The SMILES string of the molecule is C[C@H](OC(=O)c1ccccc1S(C)(=O)=O)C(=O)N1CCCCCC1. The van der Waals surface area contributed by atoms with Crippen molar-refractivity contribution in [3.05, 3.63) is 29.8 Å². The van der Waals surface area contributed by atoms with Crippen LogP contribution in [-0.2, 0) is 19.4 Å². The Balaban J connectivity index is 2.10. The Morgan fingerprint density at radius 3 is 2.25 bits per heavy atom. The summed E-state index contributed by atoms with van der Waals surface area (Å²) in [7, 11) is -3.56. The summed E-state index contributed by atoms with van der Waals surface area (Å²) in [6.45, 7) is 2.86. The fraction of sp³-hybridized carbons (Fsp3) is 0.529. The number of likely N-dealkylation sites (tertiary alicyclic amines) is 1. The summed E-state index contributed by atoms with van der Waals surface area (Å²) in [5.74, 6) is -1.03. The van der Waals surface area contributed by atoms with Crippen LogP contribution in [0.25, 0.3) is 0 Å². The van der Waals surface area contributed by atoms with Crippen LogP contribution in [0.4, 0.5) is 0 Å². The number of hydrogen-bond donors (Lipinski definition) is 0. The van der Waals surface area contributed by atoms with Gasteiger partial charge in [-0.05, 0) is 31.9 Å². The minimum atomic E-state index is -3.56. The van der Waals surface area contributed by atoms with Gasteiger partial charge < -0.3 is 9.64 Å². The highest BCUT2D eigenvalue weighted by Crippen LogP contribution is 2.18. The van der Waals surface area contributed by atoms with Gasteiger partial charge in [0, 0.05) is 19.3 Å². The van der Waals surface area contributed by atoms with Crippen molar-refractivity contribution in [1.82, 2.24) is 4.90 Å². The summed E-state index contributed by atoms with van der Waals surface area (Å²) in [6.07, 6.45) is 4.18. The Labute approximate surface area is 142 Å². The van der Waals surface area contributed by atoms with Crippen LogP contribution in [0.1, 0.15) is 43.0 Å². The van der Waals surface area contributed by atoms with Crippen LogP contribution >= 0.6 is 0 Å². The number of nitrogens with zero attached hydrogens (tertiary/aromatic N) is 1. The van der Waals surface area contributed by atoms with Crippen LogP contribution in [0.15, 0.2) is 29.2 Å². The van der Waals surface area contributed by atoms with Gasteiger partial charge in [-0.1, -0.05) is 25.0 Å². The molecule has 1 atom stereocenters. The van der Waals surface area contributed by atoms with Gasteiger partial charge in [0.25, 0.3) is 5.91 Å². The van der Waals surface area contributed by atoms with Gasteiger partial charge >= 0.3 is 5.97 Å². The molecule has 1 aliphatic rings. The molecule has 0 bridgehead atoms. The number of carbonyl (C=O) groups excluding carboxylic acids is 2. The zero-order chi connectivity index (χ0) is 17.7. The molecule has 1 amide bonds. The summed E-state index contributed by atoms with van der Waals surface area (Å²) in [6, 6.07) is 5.85. The molecule has 1 aliphatic heterocycles. The molecule has 0 aliphatic carbocycles. The lowest BCUT2D eigenvalue weighted by atomic mass is 10.2. The van der Waals surface area contributed by atoms with Gasteiger partial charge in [-0.2, -0.15) is 0 Å². The maximum atomic E-state index is 12.4. The van der Waals surface area contributed by atoms with E-state index in [1.54, 1.807) is 17.0 Å². The highest BCUT2D eigenvalue weighted by atomic mass is 32.2. The molecule has 24 heavy (non-hydrogen) atoms. The van der Waals surface area contributed by atoms with E-state index < -0.39 is 21.9 Å². The molecule has 0 spiro atoms. The van der Waals surface area contributed by atoms with Crippen molar-refractivity contribution in [2.24, 2.45) is 0 Å². The lowest BCUT2D eigenvalue weighted by Crippen LogP contribution is -2.40. The van der Waals surface area contributed by atoms with Gasteiger partial charge in [0.2, 0.25) is 0 Å². The summed E-state index contributed by atoms with van der Waals surface area (Å²) in [5, 5.41) is 0.